The highest BCUT2D eigenvalue weighted by molar-refractivity contribution is 7.07. The van der Waals surface area contributed by atoms with E-state index in [0.29, 0.717) is 28.2 Å². The van der Waals surface area contributed by atoms with Gasteiger partial charge in [0.2, 0.25) is 5.91 Å². The number of nitrogens with one attached hydrogen (secondary N) is 2. The summed E-state index contributed by atoms with van der Waals surface area (Å²) in [5.74, 6) is -0.542. The summed E-state index contributed by atoms with van der Waals surface area (Å²) in [5.41, 5.74) is 0.652. The standard InChI is InChI=1S/C23H30N4O5S/c1-23(2,3)13-19(28)25-16-8-7-15(12-18(16)31-4)20(29)26-22-27(10-11-33-22)14-32-21(30)17-6-5-9-24-17/h7-8,10-12,17,24H,5-6,9,13-14H2,1-4H3,(H,25,28). The first-order valence-electron chi connectivity index (χ1n) is 10.8. The van der Waals surface area contributed by atoms with Crippen LogP contribution in [-0.4, -0.2) is 42.0 Å². The predicted octanol–water partition coefficient (Wildman–Crippen LogP) is 2.93. The number of aromatic nitrogens is 1. The zero-order chi connectivity index (χ0) is 24.0. The molecule has 1 aromatic heterocycles. The molecule has 10 heteroatoms. The summed E-state index contributed by atoms with van der Waals surface area (Å²) >= 11 is 1.26. The fourth-order valence-corrected chi connectivity index (χ4v) is 4.07. The summed E-state index contributed by atoms with van der Waals surface area (Å²) in [6, 6.07) is 4.48. The maximum atomic E-state index is 12.8. The molecule has 3 rings (SSSR count). The second-order valence-corrected chi connectivity index (χ2v) is 9.89. The van der Waals surface area contributed by atoms with E-state index in [9.17, 15) is 14.4 Å². The average molecular weight is 475 g/mol. The van der Waals surface area contributed by atoms with Gasteiger partial charge in [-0.2, -0.15) is 4.99 Å². The lowest BCUT2D eigenvalue weighted by atomic mass is 9.92. The van der Waals surface area contributed by atoms with Gasteiger partial charge < -0.3 is 20.1 Å². The maximum absolute atomic E-state index is 12.8. The number of carbonyl (C=O) groups is 3. The van der Waals surface area contributed by atoms with Crippen molar-refractivity contribution >= 4 is 34.8 Å². The number of benzene rings is 1. The van der Waals surface area contributed by atoms with Gasteiger partial charge in [-0.15, -0.1) is 11.3 Å². The number of thiazole rings is 1. The lowest BCUT2D eigenvalue weighted by Gasteiger charge is -2.18. The lowest BCUT2D eigenvalue weighted by molar-refractivity contribution is -0.149. The van der Waals surface area contributed by atoms with Crippen LogP contribution in [0.2, 0.25) is 0 Å². The van der Waals surface area contributed by atoms with Crippen molar-refractivity contribution in [2.75, 3.05) is 19.0 Å². The highest BCUT2D eigenvalue weighted by Crippen LogP contribution is 2.27. The van der Waals surface area contributed by atoms with E-state index in [1.165, 1.54) is 18.4 Å². The monoisotopic (exact) mass is 474 g/mol. The van der Waals surface area contributed by atoms with Crippen LogP contribution in [0, 0.1) is 5.41 Å². The van der Waals surface area contributed by atoms with Crippen LogP contribution < -0.4 is 20.2 Å². The molecule has 1 aliphatic rings. The molecule has 33 heavy (non-hydrogen) atoms. The average Bonchev–Trinajstić information content (AvgIpc) is 3.43. The largest absolute Gasteiger partial charge is 0.495 e. The van der Waals surface area contributed by atoms with Gasteiger partial charge in [0, 0.05) is 23.6 Å². The Morgan fingerprint density at radius 1 is 1.30 bits per heavy atom. The van der Waals surface area contributed by atoms with Gasteiger partial charge in [-0.05, 0) is 43.0 Å². The summed E-state index contributed by atoms with van der Waals surface area (Å²) in [5, 5.41) is 7.69. The zero-order valence-electron chi connectivity index (χ0n) is 19.3. The summed E-state index contributed by atoms with van der Waals surface area (Å²) in [6.45, 7) is 6.74. The number of esters is 1. The Hall–Kier alpha value is -2.98. The normalized spacial score (nSPS) is 16.5. The first kappa shape index (κ1) is 24.7. The van der Waals surface area contributed by atoms with E-state index in [1.54, 1.807) is 34.3 Å². The van der Waals surface area contributed by atoms with E-state index < -0.39 is 5.91 Å². The molecule has 0 radical (unpaired) electrons. The Bertz CT molecular complexity index is 1080. The molecule has 2 heterocycles. The molecule has 2 amide bonds. The molecule has 1 aliphatic heterocycles. The van der Waals surface area contributed by atoms with Gasteiger partial charge in [0.25, 0.3) is 5.91 Å². The van der Waals surface area contributed by atoms with Crippen molar-refractivity contribution in [1.82, 2.24) is 9.88 Å². The van der Waals surface area contributed by atoms with Crippen LogP contribution in [0.5, 0.6) is 5.75 Å². The third-order valence-corrected chi connectivity index (χ3v) is 5.76. The molecule has 0 spiro atoms. The molecule has 1 saturated heterocycles. The second kappa shape index (κ2) is 10.8. The Kier molecular flexibility index (Phi) is 8.04. The molecule has 9 nitrogen and oxygen atoms in total. The Morgan fingerprint density at radius 2 is 2.09 bits per heavy atom. The Morgan fingerprint density at radius 3 is 2.76 bits per heavy atom. The number of hydrogen-bond donors (Lipinski definition) is 2. The summed E-state index contributed by atoms with van der Waals surface area (Å²) in [7, 11) is 1.47. The SMILES string of the molecule is COc1cc(C(=O)N=c2sccn2COC(=O)C2CCCN2)ccc1NC(=O)CC(C)(C)C. The van der Waals surface area contributed by atoms with Crippen molar-refractivity contribution < 1.29 is 23.9 Å². The quantitative estimate of drug-likeness (QED) is 0.597. The topological polar surface area (TPSA) is 111 Å². The van der Waals surface area contributed by atoms with Gasteiger partial charge in [-0.3, -0.25) is 19.0 Å². The van der Waals surface area contributed by atoms with Crippen LogP contribution in [0.15, 0.2) is 34.8 Å². The number of hydrogen-bond acceptors (Lipinski definition) is 7. The second-order valence-electron chi connectivity index (χ2n) is 9.01. The van der Waals surface area contributed by atoms with E-state index in [-0.39, 0.29) is 30.1 Å². The van der Waals surface area contributed by atoms with Crippen LogP contribution in [0.25, 0.3) is 0 Å². The highest BCUT2D eigenvalue weighted by atomic mass is 32.1. The fourth-order valence-electron chi connectivity index (χ4n) is 3.36. The maximum Gasteiger partial charge on any atom is 0.324 e. The number of carbonyl (C=O) groups excluding carboxylic acids is 3. The van der Waals surface area contributed by atoms with Gasteiger partial charge in [0.15, 0.2) is 11.5 Å². The van der Waals surface area contributed by atoms with E-state index in [1.807, 2.05) is 20.8 Å². The third-order valence-electron chi connectivity index (χ3n) is 4.96. The third kappa shape index (κ3) is 7.00. The van der Waals surface area contributed by atoms with E-state index >= 15 is 0 Å². The van der Waals surface area contributed by atoms with Crippen molar-refractivity contribution in [3.05, 3.63) is 40.1 Å². The van der Waals surface area contributed by atoms with Gasteiger partial charge in [0.05, 0.1) is 12.8 Å². The van der Waals surface area contributed by atoms with Crippen LogP contribution in [0.3, 0.4) is 0 Å². The Balaban J connectivity index is 1.70. The molecule has 0 aliphatic carbocycles. The van der Waals surface area contributed by atoms with E-state index in [0.717, 1.165) is 19.4 Å². The van der Waals surface area contributed by atoms with Gasteiger partial charge in [-0.1, -0.05) is 20.8 Å². The molecule has 2 aromatic rings. The van der Waals surface area contributed by atoms with E-state index in [2.05, 4.69) is 15.6 Å². The van der Waals surface area contributed by atoms with Crippen LogP contribution in [0.1, 0.15) is 50.4 Å². The van der Waals surface area contributed by atoms with Crippen molar-refractivity contribution in [2.45, 2.75) is 52.8 Å². The molecular weight excluding hydrogens is 444 g/mol. The molecule has 178 valence electrons. The number of methoxy groups -OCH3 is 1. The minimum atomic E-state index is -0.471. The number of anilines is 1. The highest BCUT2D eigenvalue weighted by Gasteiger charge is 2.23. The summed E-state index contributed by atoms with van der Waals surface area (Å²) < 4.78 is 12.3. The molecule has 0 saturated carbocycles. The van der Waals surface area contributed by atoms with Crippen molar-refractivity contribution in [3.63, 3.8) is 0 Å². The minimum absolute atomic E-state index is 0.0192. The zero-order valence-corrected chi connectivity index (χ0v) is 20.2. The Labute approximate surface area is 196 Å². The molecule has 1 aromatic carbocycles. The van der Waals surface area contributed by atoms with Crippen LogP contribution in [0.4, 0.5) is 5.69 Å². The molecule has 1 unspecified atom stereocenters. The number of amides is 2. The fraction of sp³-hybridized carbons (Fsp3) is 0.478. The number of nitrogens with zero attached hydrogens (tertiary/aromatic N) is 2. The lowest BCUT2D eigenvalue weighted by Crippen LogP contribution is -2.33. The number of ether oxygens (including phenoxy) is 2. The first-order chi connectivity index (χ1) is 15.7. The molecule has 2 N–H and O–H groups in total. The van der Waals surface area contributed by atoms with E-state index in [4.69, 9.17) is 9.47 Å². The van der Waals surface area contributed by atoms with Crippen molar-refractivity contribution in [2.24, 2.45) is 10.4 Å². The van der Waals surface area contributed by atoms with Crippen molar-refractivity contribution in [1.29, 1.82) is 0 Å². The van der Waals surface area contributed by atoms with Gasteiger partial charge in [-0.25, -0.2) is 0 Å². The smallest absolute Gasteiger partial charge is 0.324 e. The first-order valence-corrected chi connectivity index (χ1v) is 11.6. The van der Waals surface area contributed by atoms with Crippen molar-refractivity contribution in [3.8, 4) is 5.75 Å². The number of rotatable bonds is 7. The summed E-state index contributed by atoms with van der Waals surface area (Å²) in [6.07, 6.45) is 3.77. The molecular formula is C23H30N4O5S. The molecule has 1 atom stereocenters. The molecule has 0 bridgehead atoms. The van der Waals surface area contributed by atoms with Gasteiger partial charge in [0.1, 0.15) is 11.8 Å². The van der Waals surface area contributed by atoms with Gasteiger partial charge >= 0.3 is 5.97 Å². The summed E-state index contributed by atoms with van der Waals surface area (Å²) in [4.78, 5) is 41.7. The molecule has 1 fully saturated rings. The van der Waals surface area contributed by atoms with Crippen LogP contribution >= 0.6 is 11.3 Å². The minimum Gasteiger partial charge on any atom is -0.495 e. The van der Waals surface area contributed by atoms with Crippen LogP contribution in [-0.2, 0) is 21.1 Å². The predicted molar refractivity (Wildman–Crippen MR) is 125 cm³/mol.